The maximum Gasteiger partial charge on any atom is 0.253 e. The third kappa shape index (κ3) is 3.40. The van der Waals surface area contributed by atoms with E-state index in [-0.39, 0.29) is 12.5 Å². The molecule has 0 N–H and O–H groups in total. The number of hydrogen-bond acceptors (Lipinski definition) is 4. The Bertz CT molecular complexity index is 756. The van der Waals surface area contributed by atoms with Crippen LogP contribution in [0.25, 0.3) is 6.08 Å². The molecule has 2 aromatic rings. The van der Waals surface area contributed by atoms with E-state index in [4.69, 9.17) is 9.47 Å². The Morgan fingerprint density at radius 3 is 2.92 bits per heavy atom. The zero-order valence-corrected chi connectivity index (χ0v) is 13.9. The summed E-state index contributed by atoms with van der Waals surface area (Å²) in [6.07, 6.45) is 4.36. The van der Waals surface area contributed by atoms with Crippen LogP contribution in [0.4, 0.5) is 0 Å². The number of nitrogens with zero attached hydrogens (tertiary/aromatic N) is 2. The quantitative estimate of drug-likeness (QED) is 0.848. The van der Waals surface area contributed by atoms with Gasteiger partial charge in [0.05, 0.1) is 12.7 Å². The fourth-order valence-corrected chi connectivity index (χ4v) is 2.64. The maximum absolute atomic E-state index is 12.6. The predicted octanol–water partition coefficient (Wildman–Crippen LogP) is 2.57. The molecule has 1 aromatic heterocycles. The molecule has 0 unspecified atom stereocenters. The average molecular weight is 324 g/mol. The van der Waals surface area contributed by atoms with Gasteiger partial charge in [0.2, 0.25) is 0 Å². The Balaban J connectivity index is 1.69. The normalized spacial score (nSPS) is 12.7. The van der Waals surface area contributed by atoms with E-state index in [0.29, 0.717) is 23.6 Å². The van der Waals surface area contributed by atoms with Crippen LogP contribution in [-0.2, 0) is 11.2 Å². The fourth-order valence-electron chi connectivity index (χ4n) is 2.64. The number of fused-ring (bicyclic) bond motifs is 1. The summed E-state index contributed by atoms with van der Waals surface area (Å²) in [6, 6.07) is 11.4. The SMILES string of the molecule is COc1cccc2c1OCC(C(=O)N(C)CCc1ccccn1)=C2. The summed E-state index contributed by atoms with van der Waals surface area (Å²) in [5.74, 6) is 1.34. The first-order valence-electron chi connectivity index (χ1n) is 7.85. The van der Waals surface area contributed by atoms with Crippen molar-refractivity contribution in [1.29, 1.82) is 0 Å². The molecule has 0 bridgehead atoms. The van der Waals surface area contributed by atoms with Gasteiger partial charge in [-0.2, -0.15) is 0 Å². The highest BCUT2D eigenvalue weighted by Crippen LogP contribution is 2.35. The number of amides is 1. The molecule has 2 heterocycles. The Morgan fingerprint density at radius 1 is 1.29 bits per heavy atom. The lowest BCUT2D eigenvalue weighted by Crippen LogP contribution is -2.32. The van der Waals surface area contributed by atoms with E-state index in [1.807, 2.05) is 42.5 Å². The molecule has 1 amide bonds. The average Bonchev–Trinajstić information content (AvgIpc) is 2.65. The predicted molar refractivity (Wildman–Crippen MR) is 92.0 cm³/mol. The summed E-state index contributed by atoms with van der Waals surface area (Å²) in [6.45, 7) is 0.859. The van der Waals surface area contributed by atoms with Crippen molar-refractivity contribution < 1.29 is 14.3 Å². The molecule has 0 aliphatic carbocycles. The summed E-state index contributed by atoms with van der Waals surface area (Å²) in [5, 5.41) is 0. The number of carbonyl (C=O) groups excluding carboxylic acids is 1. The van der Waals surface area contributed by atoms with E-state index >= 15 is 0 Å². The molecule has 0 atom stereocenters. The number of carbonyl (C=O) groups is 1. The molecule has 0 spiro atoms. The van der Waals surface area contributed by atoms with E-state index in [1.165, 1.54) is 0 Å². The van der Waals surface area contributed by atoms with Crippen molar-refractivity contribution in [3.63, 3.8) is 0 Å². The van der Waals surface area contributed by atoms with Crippen molar-refractivity contribution in [2.45, 2.75) is 6.42 Å². The van der Waals surface area contributed by atoms with Crippen LogP contribution in [0.2, 0.25) is 0 Å². The highest BCUT2D eigenvalue weighted by molar-refractivity contribution is 5.99. The zero-order valence-electron chi connectivity index (χ0n) is 13.9. The van der Waals surface area contributed by atoms with Crippen LogP contribution >= 0.6 is 0 Å². The molecule has 0 radical (unpaired) electrons. The van der Waals surface area contributed by atoms with E-state index in [2.05, 4.69) is 4.98 Å². The first-order chi connectivity index (χ1) is 11.7. The molecule has 124 valence electrons. The number of ether oxygens (including phenoxy) is 2. The Kier molecular flexibility index (Phi) is 4.79. The Morgan fingerprint density at radius 2 is 2.17 bits per heavy atom. The molecule has 24 heavy (non-hydrogen) atoms. The van der Waals surface area contributed by atoms with Crippen LogP contribution in [0, 0.1) is 0 Å². The minimum atomic E-state index is -0.0283. The monoisotopic (exact) mass is 324 g/mol. The van der Waals surface area contributed by atoms with Crippen molar-refractivity contribution in [3.05, 3.63) is 59.4 Å². The summed E-state index contributed by atoms with van der Waals surface area (Å²) in [5.41, 5.74) is 2.47. The van der Waals surface area contributed by atoms with Gasteiger partial charge in [0.15, 0.2) is 11.5 Å². The maximum atomic E-state index is 12.6. The summed E-state index contributed by atoms with van der Waals surface area (Å²) in [4.78, 5) is 18.6. The van der Waals surface area contributed by atoms with Crippen molar-refractivity contribution in [1.82, 2.24) is 9.88 Å². The molecule has 1 aliphatic rings. The van der Waals surface area contributed by atoms with Crippen LogP contribution in [0.1, 0.15) is 11.3 Å². The van der Waals surface area contributed by atoms with E-state index in [9.17, 15) is 4.79 Å². The molecule has 1 aliphatic heterocycles. The number of aromatic nitrogens is 1. The van der Waals surface area contributed by atoms with Gasteiger partial charge in [-0.3, -0.25) is 9.78 Å². The van der Waals surface area contributed by atoms with E-state index in [1.54, 1.807) is 25.3 Å². The topological polar surface area (TPSA) is 51.7 Å². The number of likely N-dealkylation sites (N-methyl/N-ethyl adjacent to an activating group) is 1. The molecule has 0 fully saturated rings. The molecule has 5 nitrogen and oxygen atoms in total. The standard InChI is InChI=1S/C19H20N2O3/c1-21(11-9-16-7-3-4-10-20-16)19(22)15-12-14-6-5-8-17(23-2)18(14)24-13-15/h3-8,10,12H,9,11,13H2,1-2H3. The van der Waals surface area contributed by atoms with Crippen molar-refractivity contribution in [3.8, 4) is 11.5 Å². The van der Waals surface area contributed by atoms with E-state index in [0.717, 1.165) is 17.7 Å². The second-order valence-electron chi connectivity index (χ2n) is 5.63. The lowest BCUT2D eigenvalue weighted by atomic mass is 10.1. The van der Waals surface area contributed by atoms with Gasteiger partial charge in [-0.25, -0.2) is 0 Å². The molecule has 5 heteroatoms. The number of benzene rings is 1. The van der Waals surface area contributed by atoms with Gasteiger partial charge in [0.25, 0.3) is 5.91 Å². The first kappa shape index (κ1) is 16.1. The molecular weight excluding hydrogens is 304 g/mol. The Hall–Kier alpha value is -2.82. The molecule has 1 aromatic carbocycles. The largest absolute Gasteiger partial charge is 0.493 e. The van der Waals surface area contributed by atoms with Crippen LogP contribution in [-0.4, -0.2) is 43.1 Å². The van der Waals surface area contributed by atoms with Gasteiger partial charge in [0.1, 0.15) is 6.61 Å². The van der Waals surface area contributed by atoms with Crippen molar-refractivity contribution in [2.24, 2.45) is 0 Å². The summed E-state index contributed by atoms with van der Waals surface area (Å²) < 4.78 is 11.0. The first-order valence-corrected chi connectivity index (χ1v) is 7.85. The van der Waals surface area contributed by atoms with Crippen LogP contribution in [0.5, 0.6) is 11.5 Å². The number of methoxy groups -OCH3 is 1. The minimum absolute atomic E-state index is 0.0283. The lowest BCUT2D eigenvalue weighted by Gasteiger charge is -2.23. The number of pyridine rings is 1. The zero-order chi connectivity index (χ0) is 16.9. The third-order valence-electron chi connectivity index (χ3n) is 3.98. The second kappa shape index (κ2) is 7.17. The number of hydrogen-bond donors (Lipinski definition) is 0. The summed E-state index contributed by atoms with van der Waals surface area (Å²) >= 11 is 0. The smallest absolute Gasteiger partial charge is 0.253 e. The number of rotatable bonds is 5. The summed E-state index contributed by atoms with van der Waals surface area (Å²) in [7, 11) is 3.40. The van der Waals surface area contributed by atoms with Crippen LogP contribution < -0.4 is 9.47 Å². The highest BCUT2D eigenvalue weighted by atomic mass is 16.5. The molecular formula is C19H20N2O3. The minimum Gasteiger partial charge on any atom is -0.493 e. The van der Waals surface area contributed by atoms with Crippen LogP contribution in [0.15, 0.2) is 48.2 Å². The highest BCUT2D eigenvalue weighted by Gasteiger charge is 2.22. The molecule has 0 saturated carbocycles. The van der Waals surface area contributed by atoms with Gasteiger partial charge in [-0.1, -0.05) is 18.2 Å². The fraction of sp³-hybridized carbons (Fsp3) is 0.263. The van der Waals surface area contributed by atoms with Gasteiger partial charge >= 0.3 is 0 Å². The molecule has 3 rings (SSSR count). The van der Waals surface area contributed by atoms with Crippen molar-refractivity contribution >= 4 is 12.0 Å². The van der Waals surface area contributed by atoms with Gasteiger partial charge in [0, 0.05) is 37.5 Å². The lowest BCUT2D eigenvalue weighted by molar-refractivity contribution is -0.126. The van der Waals surface area contributed by atoms with Crippen molar-refractivity contribution in [2.75, 3.05) is 27.3 Å². The second-order valence-corrected chi connectivity index (χ2v) is 5.63. The van der Waals surface area contributed by atoms with Crippen LogP contribution in [0.3, 0.4) is 0 Å². The molecule has 0 saturated heterocycles. The van der Waals surface area contributed by atoms with E-state index < -0.39 is 0 Å². The van der Waals surface area contributed by atoms with Gasteiger partial charge in [-0.05, 0) is 24.3 Å². The van der Waals surface area contributed by atoms with Gasteiger partial charge < -0.3 is 14.4 Å². The third-order valence-corrected chi connectivity index (χ3v) is 3.98. The Labute approximate surface area is 141 Å². The van der Waals surface area contributed by atoms with Gasteiger partial charge in [-0.15, -0.1) is 0 Å². The number of para-hydroxylation sites is 1.